The van der Waals surface area contributed by atoms with Crippen LogP contribution in [0.3, 0.4) is 0 Å². The Labute approximate surface area is 222 Å². The smallest absolute Gasteiger partial charge is 0.307 e. The maximum absolute atomic E-state index is 14.7. The summed E-state index contributed by atoms with van der Waals surface area (Å²) >= 11 is 0. The van der Waals surface area contributed by atoms with Crippen molar-refractivity contribution in [2.45, 2.75) is 45.0 Å². The van der Waals surface area contributed by atoms with E-state index in [9.17, 15) is 14.0 Å². The summed E-state index contributed by atoms with van der Waals surface area (Å²) in [4.78, 5) is 27.5. The average molecular weight is 521 g/mol. The number of halogens is 1. The van der Waals surface area contributed by atoms with Gasteiger partial charge in [0.05, 0.1) is 19.6 Å². The van der Waals surface area contributed by atoms with Crippen LogP contribution in [-0.4, -0.2) is 43.1 Å². The molecular formula is C30H33FN2O5. The number of ether oxygens (including phenoxy) is 3. The number of esters is 1. The van der Waals surface area contributed by atoms with Gasteiger partial charge in [-0.15, -0.1) is 0 Å². The summed E-state index contributed by atoms with van der Waals surface area (Å²) in [5.74, 6) is -0.525. The van der Waals surface area contributed by atoms with Crippen LogP contribution in [0.2, 0.25) is 0 Å². The standard InChI is InChI=1S/C30H33FN2O5/c1-20(2)37-17-9-16-33-29(23-12-7-8-13-24(23)30(33)35)32-26(19-28(34)36-3)21-14-15-25(31)27(18-21)38-22-10-5-4-6-11-22/h4-8,10-15,18,20,26,29,32H,9,16-17,19H2,1-3H3/t26-,29-/m0/s1. The van der Waals surface area contributed by atoms with E-state index in [-0.39, 0.29) is 24.2 Å². The average Bonchev–Trinajstić information content (AvgIpc) is 3.18. The first kappa shape index (κ1) is 27.3. The minimum atomic E-state index is -0.584. The van der Waals surface area contributed by atoms with Gasteiger partial charge < -0.3 is 19.1 Å². The summed E-state index contributed by atoms with van der Waals surface area (Å²) in [6.45, 7) is 4.93. The Morgan fingerprint density at radius 3 is 2.53 bits per heavy atom. The van der Waals surface area contributed by atoms with Gasteiger partial charge >= 0.3 is 5.97 Å². The van der Waals surface area contributed by atoms with Crippen molar-refractivity contribution < 1.29 is 28.2 Å². The van der Waals surface area contributed by atoms with Gasteiger partial charge in [-0.3, -0.25) is 14.9 Å². The van der Waals surface area contributed by atoms with Crippen LogP contribution < -0.4 is 10.1 Å². The Hall–Kier alpha value is -3.75. The fourth-order valence-electron chi connectivity index (χ4n) is 4.48. The minimum Gasteiger partial charge on any atom is -0.469 e. The molecule has 0 aliphatic carbocycles. The van der Waals surface area contributed by atoms with E-state index >= 15 is 0 Å². The molecule has 1 amide bonds. The largest absolute Gasteiger partial charge is 0.469 e. The van der Waals surface area contributed by atoms with Crippen molar-refractivity contribution in [1.82, 2.24) is 10.2 Å². The van der Waals surface area contributed by atoms with Crippen LogP contribution in [0.1, 0.15) is 60.4 Å². The lowest BCUT2D eigenvalue weighted by atomic mass is 10.0. The van der Waals surface area contributed by atoms with Crippen molar-refractivity contribution in [2.75, 3.05) is 20.3 Å². The van der Waals surface area contributed by atoms with E-state index in [2.05, 4.69) is 5.32 Å². The van der Waals surface area contributed by atoms with Gasteiger partial charge in [-0.05, 0) is 56.2 Å². The fourth-order valence-corrected chi connectivity index (χ4v) is 4.48. The Morgan fingerprint density at radius 1 is 1.05 bits per heavy atom. The van der Waals surface area contributed by atoms with E-state index in [1.165, 1.54) is 13.2 Å². The number of para-hydroxylation sites is 1. The normalized spacial score (nSPS) is 15.4. The summed E-state index contributed by atoms with van der Waals surface area (Å²) in [6, 6.07) is 20.2. The van der Waals surface area contributed by atoms with Crippen LogP contribution in [0, 0.1) is 5.82 Å². The highest BCUT2D eigenvalue weighted by molar-refractivity contribution is 5.99. The van der Waals surface area contributed by atoms with Gasteiger partial charge in [0.25, 0.3) is 5.91 Å². The quantitative estimate of drug-likeness (QED) is 0.241. The minimum absolute atomic E-state index is 0.0237. The molecular weight excluding hydrogens is 487 g/mol. The van der Waals surface area contributed by atoms with E-state index < -0.39 is 24.0 Å². The Morgan fingerprint density at radius 2 is 1.79 bits per heavy atom. The molecule has 0 fully saturated rings. The lowest BCUT2D eigenvalue weighted by Gasteiger charge is -2.31. The van der Waals surface area contributed by atoms with E-state index in [0.29, 0.717) is 36.4 Å². The van der Waals surface area contributed by atoms with Crippen LogP contribution in [-0.2, 0) is 14.3 Å². The molecule has 200 valence electrons. The number of carbonyl (C=O) groups excluding carboxylic acids is 2. The molecule has 38 heavy (non-hydrogen) atoms. The van der Waals surface area contributed by atoms with E-state index in [1.807, 2.05) is 38.1 Å². The Kier molecular flexibility index (Phi) is 9.10. The number of hydrogen-bond donors (Lipinski definition) is 1. The molecule has 2 atom stereocenters. The van der Waals surface area contributed by atoms with E-state index in [1.54, 1.807) is 47.4 Å². The van der Waals surface area contributed by atoms with Gasteiger partial charge in [-0.1, -0.05) is 42.5 Å². The second kappa shape index (κ2) is 12.7. The third-order valence-electron chi connectivity index (χ3n) is 6.34. The molecule has 0 bridgehead atoms. The molecule has 0 aromatic heterocycles. The van der Waals surface area contributed by atoms with Gasteiger partial charge in [0, 0.05) is 30.3 Å². The molecule has 1 aliphatic heterocycles. The molecule has 1 heterocycles. The highest BCUT2D eigenvalue weighted by Gasteiger charge is 2.37. The number of amides is 1. The zero-order chi connectivity index (χ0) is 27.1. The second-order valence-corrected chi connectivity index (χ2v) is 9.37. The predicted octanol–water partition coefficient (Wildman–Crippen LogP) is 5.78. The van der Waals surface area contributed by atoms with Crippen LogP contribution in [0.5, 0.6) is 11.5 Å². The SMILES string of the molecule is COC(=O)C[C@H](N[C@@H]1c2ccccc2C(=O)N1CCCOC(C)C)c1ccc(F)c(Oc2ccccc2)c1. The first-order valence-electron chi connectivity index (χ1n) is 12.7. The van der Waals surface area contributed by atoms with E-state index in [4.69, 9.17) is 14.2 Å². The van der Waals surface area contributed by atoms with Crippen molar-refractivity contribution in [1.29, 1.82) is 0 Å². The topological polar surface area (TPSA) is 77.1 Å². The second-order valence-electron chi connectivity index (χ2n) is 9.37. The van der Waals surface area contributed by atoms with Gasteiger partial charge in [0.1, 0.15) is 11.9 Å². The first-order chi connectivity index (χ1) is 18.4. The zero-order valence-corrected chi connectivity index (χ0v) is 21.9. The third kappa shape index (κ3) is 6.57. The molecule has 0 unspecified atom stereocenters. The van der Waals surface area contributed by atoms with Crippen molar-refractivity contribution in [3.05, 3.63) is 95.3 Å². The lowest BCUT2D eigenvalue weighted by molar-refractivity contribution is -0.141. The lowest BCUT2D eigenvalue weighted by Crippen LogP contribution is -2.40. The summed E-state index contributed by atoms with van der Waals surface area (Å²) < 4.78 is 31.1. The summed E-state index contributed by atoms with van der Waals surface area (Å²) in [5.41, 5.74) is 2.06. The van der Waals surface area contributed by atoms with Crippen LogP contribution in [0.25, 0.3) is 0 Å². The molecule has 0 radical (unpaired) electrons. The van der Waals surface area contributed by atoms with Gasteiger partial charge in [0.15, 0.2) is 11.6 Å². The summed E-state index contributed by atoms with van der Waals surface area (Å²) in [5, 5.41) is 3.48. The van der Waals surface area contributed by atoms with Gasteiger partial charge in [0.2, 0.25) is 0 Å². The Bertz CT molecular complexity index is 1250. The van der Waals surface area contributed by atoms with Crippen LogP contribution in [0.15, 0.2) is 72.8 Å². The molecule has 0 saturated carbocycles. The van der Waals surface area contributed by atoms with E-state index in [0.717, 1.165) is 5.56 Å². The van der Waals surface area contributed by atoms with Crippen molar-refractivity contribution in [3.8, 4) is 11.5 Å². The molecule has 4 rings (SSSR count). The van der Waals surface area contributed by atoms with Crippen molar-refractivity contribution in [3.63, 3.8) is 0 Å². The number of fused-ring (bicyclic) bond motifs is 1. The number of benzene rings is 3. The number of rotatable bonds is 12. The van der Waals surface area contributed by atoms with Crippen LogP contribution >= 0.6 is 0 Å². The highest BCUT2D eigenvalue weighted by atomic mass is 19.1. The molecule has 3 aromatic carbocycles. The third-order valence-corrected chi connectivity index (χ3v) is 6.34. The van der Waals surface area contributed by atoms with Crippen molar-refractivity contribution >= 4 is 11.9 Å². The van der Waals surface area contributed by atoms with Gasteiger partial charge in [-0.25, -0.2) is 4.39 Å². The van der Waals surface area contributed by atoms with Gasteiger partial charge in [-0.2, -0.15) is 0 Å². The molecule has 0 saturated heterocycles. The highest BCUT2D eigenvalue weighted by Crippen LogP contribution is 2.36. The zero-order valence-electron chi connectivity index (χ0n) is 21.9. The predicted molar refractivity (Wildman–Crippen MR) is 141 cm³/mol. The maximum Gasteiger partial charge on any atom is 0.307 e. The number of nitrogens with one attached hydrogen (secondary N) is 1. The monoisotopic (exact) mass is 520 g/mol. The summed E-state index contributed by atoms with van der Waals surface area (Å²) in [6.07, 6.45) is 0.245. The molecule has 7 nitrogen and oxygen atoms in total. The maximum atomic E-state index is 14.7. The number of nitrogens with zero attached hydrogens (tertiary/aromatic N) is 1. The molecule has 1 N–H and O–H groups in total. The molecule has 3 aromatic rings. The number of methoxy groups -OCH3 is 1. The molecule has 0 spiro atoms. The summed E-state index contributed by atoms with van der Waals surface area (Å²) in [7, 11) is 1.32. The number of carbonyl (C=O) groups is 2. The molecule has 1 aliphatic rings. The number of hydrogen-bond acceptors (Lipinski definition) is 6. The van der Waals surface area contributed by atoms with Crippen LogP contribution in [0.4, 0.5) is 4.39 Å². The van der Waals surface area contributed by atoms with Crippen molar-refractivity contribution in [2.24, 2.45) is 0 Å². The first-order valence-corrected chi connectivity index (χ1v) is 12.7. The molecule has 8 heteroatoms. The fraction of sp³-hybridized carbons (Fsp3) is 0.333. The Balaban J connectivity index is 1.63.